The zero-order valence-electron chi connectivity index (χ0n) is 9.74. The van der Waals surface area contributed by atoms with Gasteiger partial charge in [-0.15, -0.1) is 0 Å². The van der Waals surface area contributed by atoms with E-state index in [1.54, 1.807) is 0 Å². The lowest BCUT2D eigenvalue weighted by molar-refractivity contribution is -0.160. The first-order chi connectivity index (χ1) is 8.89. The summed E-state index contributed by atoms with van der Waals surface area (Å²) in [5, 5.41) is 0. The molecule has 8 heteroatoms. The second-order valence-electron chi connectivity index (χ2n) is 4.08. The van der Waals surface area contributed by atoms with Gasteiger partial charge in [-0.2, -0.15) is 13.2 Å². The van der Waals surface area contributed by atoms with Crippen LogP contribution >= 0.6 is 0 Å². The summed E-state index contributed by atoms with van der Waals surface area (Å²) in [6, 6.07) is 2.68. The fourth-order valence-electron chi connectivity index (χ4n) is 1.87. The molecule has 19 heavy (non-hydrogen) atoms. The Morgan fingerprint density at radius 3 is 2.74 bits per heavy atom. The zero-order chi connectivity index (χ0) is 14.0. The average Bonchev–Trinajstić information content (AvgIpc) is 2.94. The third-order valence-corrected chi connectivity index (χ3v) is 2.83. The topological polar surface area (TPSA) is 62.4 Å². The molecule has 0 saturated carbocycles. The van der Waals surface area contributed by atoms with Gasteiger partial charge in [0.25, 0.3) is 0 Å². The Balaban J connectivity index is 2.13. The van der Waals surface area contributed by atoms with E-state index in [2.05, 4.69) is 9.72 Å². The summed E-state index contributed by atoms with van der Waals surface area (Å²) in [6.45, 7) is 0.0106. The molecule has 1 aliphatic rings. The normalized spacial score (nSPS) is 17.4. The number of aromatic nitrogens is 1. The summed E-state index contributed by atoms with van der Waals surface area (Å²) in [4.78, 5) is 26.0. The zero-order valence-corrected chi connectivity index (χ0v) is 9.74. The highest BCUT2D eigenvalue weighted by Gasteiger charge is 2.44. The number of carbonyl (C=O) groups excluding carboxylic acids is 2. The standard InChI is InChI=1S/C11H11F3N2O3/c12-11(13,14)7(8-2-1-3-15-8)6-9(17)16-4-5-19-10(16)18/h1-3,7,15H,4-6H2. The van der Waals surface area contributed by atoms with Gasteiger partial charge in [0.05, 0.1) is 6.54 Å². The predicted molar refractivity (Wildman–Crippen MR) is 57.3 cm³/mol. The van der Waals surface area contributed by atoms with E-state index < -0.39 is 30.5 Å². The summed E-state index contributed by atoms with van der Waals surface area (Å²) in [5.41, 5.74) is -0.103. The second kappa shape index (κ2) is 4.94. The van der Waals surface area contributed by atoms with Gasteiger partial charge < -0.3 is 9.72 Å². The number of hydrogen-bond acceptors (Lipinski definition) is 3. The summed E-state index contributed by atoms with van der Waals surface area (Å²) >= 11 is 0. The maximum absolute atomic E-state index is 12.9. The van der Waals surface area contributed by atoms with Crippen LogP contribution in [0.3, 0.4) is 0 Å². The third kappa shape index (κ3) is 2.88. The molecule has 1 aromatic rings. The van der Waals surface area contributed by atoms with Crippen LogP contribution in [0.1, 0.15) is 18.0 Å². The molecule has 0 aromatic carbocycles. The van der Waals surface area contributed by atoms with Crippen molar-refractivity contribution >= 4 is 12.0 Å². The van der Waals surface area contributed by atoms with Crippen LogP contribution in [0, 0.1) is 0 Å². The number of halogens is 3. The number of rotatable bonds is 3. The van der Waals surface area contributed by atoms with Crippen molar-refractivity contribution in [3.05, 3.63) is 24.0 Å². The van der Waals surface area contributed by atoms with Gasteiger partial charge >= 0.3 is 12.3 Å². The molecule has 1 saturated heterocycles. The van der Waals surface area contributed by atoms with Crippen LogP contribution in [0.4, 0.5) is 18.0 Å². The van der Waals surface area contributed by atoms with Gasteiger partial charge in [-0.05, 0) is 12.1 Å². The molecule has 1 unspecified atom stereocenters. The van der Waals surface area contributed by atoms with Gasteiger partial charge in [0, 0.05) is 18.3 Å². The molecule has 0 bridgehead atoms. The van der Waals surface area contributed by atoms with E-state index in [0.717, 1.165) is 0 Å². The first-order valence-corrected chi connectivity index (χ1v) is 5.56. The van der Waals surface area contributed by atoms with Crippen molar-refractivity contribution in [3.8, 4) is 0 Å². The van der Waals surface area contributed by atoms with Crippen LogP contribution in [0.15, 0.2) is 18.3 Å². The SMILES string of the molecule is O=C(CC(c1ccc[nH]1)C(F)(F)F)N1CCOC1=O. The minimum absolute atomic E-state index is 0.00697. The number of nitrogens with one attached hydrogen (secondary N) is 1. The number of H-pyrrole nitrogens is 1. The number of alkyl halides is 3. The molecule has 2 amide bonds. The maximum Gasteiger partial charge on any atom is 0.416 e. The van der Waals surface area contributed by atoms with Crippen molar-refractivity contribution in [2.45, 2.75) is 18.5 Å². The molecule has 0 radical (unpaired) electrons. The van der Waals surface area contributed by atoms with E-state index >= 15 is 0 Å². The molecule has 2 heterocycles. The number of imide groups is 1. The lowest BCUT2D eigenvalue weighted by Crippen LogP contribution is -2.35. The molecule has 5 nitrogen and oxygen atoms in total. The van der Waals surface area contributed by atoms with E-state index in [1.165, 1.54) is 18.3 Å². The largest absolute Gasteiger partial charge is 0.447 e. The van der Waals surface area contributed by atoms with E-state index in [9.17, 15) is 22.8 Å². The fourth-order valence-corrected chi connectivity index (χ4v) is 1.87. The Morgan fingerprint density at radius 1 is 1.53 bits per heavy atom. The number of cyclic esters (lactones) is 1. The summed E-state index contributed by atoms with van der Waals surface area (Å²) in [5.74, 6) is -2.84. The Morgan fingerprint density at radius 2 is 2.26 bits per heavy atom. The number of aromatic amines is 1. The summed E-state index contributed by atoms with van der Waals surface area (Å²) < 4.78 is 43.3. The van der Waals surface area contributed by atoms with Crippen molar-refractivity contribution < 1.29 is 27.5 Å². The van der Waals surface area contributed by atoms with Crippen molar-refractivity contribution in [1.82, 2.24) is 9.88 Å². The minimum atomic E-state index is -4.57. The molecule has 104 valence electrons. The quantitative estimate of drug-likeness (QED) is 0.918. The van der Waals surface area contributed by atoms with Crippen LogP contribution in [0.2, 0.25) is 0 Å². The predicted octanol–water partition coefficient (Wildman–Crippen LogP) is 2.03. The van der Waals surface area contributed by atoms with Gasteiger partial charge in [0.15, 0.2) is 0 Å². The molecule has 1 atom stereocenters. The molecule has 1 fully saturated rings. The number of amides is 2. The molecule has 0 spiro atoms. The van der Waals surface area contributed by atoms with Crippen LogP contribution < -0.4 is 0 Å². The third-order valence-electron chi connectivity index (χ3n) is 2.83. The van der Waals surface area contributed by atoms with E-state index in [-0.39, 0.29) is 18.8 Å². The fraction of sp³-hybridized carbons (Fsp3) is 0.455. The van der Waals surface area contributed by atoms with Crippen LogP contribution in [0.25, 0.3) is 0 Å². The van der Waals surface area contributed by atoms with Gasteiger partial charge in [0.2, 0.25) is 5.91 Å². The molecule has 1 N–H and O–H groups in total. The molecule has 1 aliphatic heterocycles. The molecule has 1 aromatic heterocycles. The Bertz CT molecular complexity index is 470. The van der Waals surface area contributed by atoms with Crippen molar-refractivity contribution in [1.29, 1.82) is 0 Å². The van der Waals surface area contributed by atoms with Crippen LogP contribution in [0.5, 0.6) is 0 Å². The van der Waals surface area contributed by atoms with Crippen molar-refractivity contribution in [3.63, 3.8) is 0 Å². The second-order valence-corrected chi connectivity index (χ2v) is 4.08. The summed E-state index contributed by atoms with van der Waals surface area (Å²) in [6.07, 6.45) is -4.93. The number of carbonyl (C=O) groups is 2. The monoisotopic (exact) mass is 276 g/mol. The lowest BCUT2D eigenvalue weighted by Gasteiger charge is -2.20. The molecular formula is C11H11F3N2O3. The first kappa shape index (κ1) is 13.4. The smallest absolute Gasteiger partial charge is 0.416 e. The number of ether oxygens (including phenoxy) is 1. The average molecular weight is 276 g/mol. The van der Waals surface area contributed by atoms with Gasteiger partial charge in [-0.1, -0.05) is 0 Å². The van der Waals surface area contributed by atoms with E-state index in [4.69, 9.17) is 0 Å². The maximum atomic E-state index is 12.9. The highest BCUT2D eigenvalue weighted by Crippen LogP contribution is 2.37. The van der Waals surface area contributed by atoms with Crippen LogP contribution in [-0.4, -0.2) is 41.2 Å². The van der Waals surface area contributed by atoms with E-state index in [1.807, 2.05) is 0 Å². The molecule has 2 rings (SSSR count). The van der Waals surface area contributed by atoms with Gasteiger partial charge in [-0.3, -0.25) is 4.79 Å². The van der Waals surface area contributed by atoms with Crippen molar-refractivity contribution in [2.24, 2.45) is 0 Å². The van der Waals surface area contributed by atoms with Gasteiger partial charge in [0.1, 0.15) is 12.5 Å². The Hall–Kier alpha value is -1.99. The summed E-state index contributed by atoms with van der Waals surface area (Å²) in [7, 11) is 0. The Labute approximate surface area is 106 Å². The van der Waals surface area contributed by atoms with E-state index in [0.29, 0.717) is 4.90 Å². The number of hydrogen-bond donors (Lipinski definition) is 1. The Kier molecular flexibility index (Phi) is 3.50. The molecular weight excluding hydrogens is 265 g/mol. The van der Waals surface area contributed by atoms with Crippen LogP contribution in [-0.2, 0) is 9.53 Å². The van der Waals surface area contributed by atoms with Gasteiger partial charge in [-0.25, -0.2) is 9.69 Å². The number of nitrogens with zero attached hydrogens (tertiary/aromatic N) is 1. The highest BCUT2D eigenvalue weighted by molar-refractivity contribution is 5.93. The minimum Gasteiger partial charge on any atom is -0.447 e. The van der Waals surface area contributed by atoms with Crippen molar-refractivity contribution in [2.75, 3.05) is 13.2 Å². The highest BCUT2D eigenvalue weighted by atomic mass is 19.4. The lowest BCUT2D eigenvalue weighted by atomic mass is 10.0. The molecule has 0 aliphatic carbocycles. The first-order valence-electron chi connectivity index (χ1n) is 5.56.